The van der Waals surface area contributed by atoms with Crippen molar-refractivity contribution in [3.63, 3.8) is 0 Å². The number of hydrogen-bond donors (Lipinski definition) is 2. The molecule has 0 radical (unpaired) electrons. The summed E-state index contributed by atoms with van der Waals surface area (Å²) in [4.78, 5) is 47.0. The van der Waals surface area contributed by atoms with Gasteiger partial charge in [-0.3, -0.25) is 19.2 Å². The molecule has 0 aliphatic carbocycles. The molecule has 0 heterocycles. The van der Waals surface area contributed by atoms with E-state index in [0.717, 1.165) is 26.0 Å². The van der Waals surface area contributed by atoms with E-state index in [4.69, 9.17) is 21.1 Å². The monoisotopic (exact) mass is 894 g/mol. The lowest BCUT2D eigenvalue weighted by Crippen LogP contribution is -2.17. The zero-order chi connectivity index (χ0) is 42.6. The highest BCUT2D eigenvalue weighted by molar-refractivity contribution is 9.10. The van der Waals surface area contributed by atoms with Gasteiger partial charge in [0, 0.05) is 34.7 Å². The van der Waals surface area contributed by atoms with Crippen LogP contribution in [0.25, 0.3) is 0 Å². The van der Waals surface area contributed by atoms with Crippen molar-refractivity contribution in [2.75, 3.05) is 10.6 Å². The van der Waals surface area contributed by atoms with E-state index in [0.29, 0.717) is 28.7 Å². The van der Waals surface area contributed by atoms with Crippen LogP contribution in [-0.2, 0) is 34.3 Å². The fraction of sp³-hybridized carbons (Fsp3) is 0.176. The zero-order valence-corrected chi connectivity index (χ0v) is 30.0. The third-order valence-corrected chi connectivity index (χ3v) is 7.30. The molecule has 0 aliphatic heterocycles. The van der Waals surface area contributed by atoms with E-state index >= 15 is 0 Å². The summed E-state index contributed by atoms with van der Waals surface area (Å²) in [6.07, 6.45) is -20.3. The van der Waals surface area contributed by atoms with Crippen LogP contribution in [0.5, 0.6) is 11.5 Å². The standard InChI is InChI=1S/C17H10BrF6NO3.C17H10ClF6NO3/c2*1-8(26)28-14-3-2-11(18)7-13(14)15(27)25-12-5-9(16(19,20)21)4-10(6-12)17(22,23)24/h2*2-7H,1H3,(H,25,27). The Morgan fingerprint density at radius 2 is 0.839 bits per heavy atom. The first-order valence-corrected chi connectivity index (χ1v) is 15.9. The lowest BCUT2D eigenvalue weighted by Gasteiger charge is -2.15. The van der Waals surface area contributed by atoms with Gasteiger partial charge in [0.1, 0.15) is 11.5 Å². The van der Waals surface area contributed by atoms with E-state index in [9.17, 15) is 71.9 Å². The number of hydrogen-bond acceptors (Lipinski definition) is 6. The van der Waals surface area contributed by atoms with Crippen LogP contribution in [0.3, 0.4) is 0 Å². The van der Waals surface area contributed by atoms with Gasteiger partial charge in [-0.05, 0) is 72.8 Å². The van der Waals surface area contributed by atoms with Crippen molar-refractivity contribution in [3.05, 3.63) is 116 Å². The summed E-state index contributed by atoms with van der Waals surface area (Å²) in [7, 11) is 0. The predicted molar refractivity (Wildman–Crippen MR) is 177 cm³/mol. The van der Waals surface area contributed by atoms with Crippen LogP contribution in [0.15, 0.2) is 77.3 Å². The minimum Gasteiger partial charge on any atom is -0.426 e. The first kappa shape index (κ1) is 45.1. The van der Waals surface area contributed by atoms with Crippen molar-refractivity contribution < 1.29 is 81.3 Å². The Labute approximate surface area is 319 Å². The van der Waals surface area contributed by atoms with Gasteiger partial charge in [-0.1, -0.05) is 27.5 Å². The van der Waals surface area contributed by atoms with Crippen molar-refractivity contribution >= 4 is 62.7 Å². The summed E-state index contributed by atoms with van der Waals surface area (Å²) in [6.45, 7) is 2.10. The number of halogens is 14. The maximum atomic E-state index is 12.9. The SMILES string of the molecule is CC(=O)Oc1ccc(Br)cc1C(=O)Nc1cc(C(F)(F)F)cc(C(F)(F)F)c1.CC(=O)Oc1ccc(Cl)cc1C(=O)Nc1cc(C(F)(F)F)cc(C(F)(F)F)c1. The van der Waals surface area contributed by atoms with E-state index < -0.39 is 82.1 Å². The number of amides is 2. The van der Waals surface area contributed by atoms with Crippen LogP contribution in [0.2, 0.25) is 5.02 Å². The first-order chi connectivity index (χ1) is 25.5. The van der Waals surface area contributed by atoms with Crippen LogP contribution < -0.4 is 20.1 Å². The number of alkyl halides is 12. The van der Waals surface area contributed by atoms with E-state index in [1.807, 2.05) is 10.6 Å². The van der Waals surface area contributed by atoms with E-state index in [2.05, 4.69) is 15.9 Å². The molecule has 0 saturated heterocycles. The average molecular weight is 896 g/mol. The number of rotatable bonds is 6. The van der Waals surface area contributed by atoms with Crippen LogP contribution in [0.4, 0.5) is 64.1 Å². The molecule has 8 nitrogen and oxygen atoms in total. The molecule has 2 N–H and O–H groups in total. The molecule has 0 bridgehead atoms. The fourth-order valence-electron chi connectivity index (χ4n) is 4.30. The molecule has 0 fully saturated rings. The van der Waals surface area contributed by atoms with Crippen LogP contribution >= 0.6 is 27.5 Å². The van der Waals surface area contributed by atoms with Crippen LogP contribution in [0, 0.1) is 0 Å². The molecule has 0 atom stereocenters. The number of ether oxygens (including phenoxy) is 2. The maximum Gasteiger partial charge on any atom is 0.416 e. The Morgan fingerprint density at radius 1 is 0.518 bits per heavy atom. The summed E-state index contributed by atoms with van der Waals surface area (Å²) in [5.41, 5.74) is -8.43. The normalized spacial score (nSPS) is 11.9. The van der Waals surface area contributed by atoms with Crippen molar-refractivity contribution in [2.45, 2.75) is 38.6 Å². The van der Waals surface area contributed by atoms with Gasteiger partial charge in [0.05, 0.1) is 33.4 Å². The highest BCUT2D eigenvalue weighted by Gasteiger charge is 2.38. The largest absolute Gasteiger partial charge is 0.426 e. The van der Waals surface area contributed by atoms with Crippen molar-refractivity contribution in [2.24, 2.45) is 0 Å². The summed E-state index contributed by atoms with van der Waals surface area (Å²) in [6, 6.07) is 8.68. The molecule has 300 valence electrons. The molecule has 4 rings (SSSR count). The van der Waals surface area contributed by atoms with Gasteiger partial charge in [0.25, 0.3) is 11.8 Å². The number of esters is 2. The zero-order valence-electron chi connectivity index (χ0n) is 27.7. The molecule has 56 heavy (non-hydrogen) atoms. The van der Waals surface area contributed by atoms with Gasteiger partial charge in [0.2, 0.25) is 0 Å². The second-order valence-corrected chi connectivity index (χ2v) is 12.3. The summed E-state index contributed by atoms with van der Waals surface area (Å²) < 4.78 is 165. The Morgan fingerprint density at radius 3 is 1.16 bits per heavy atom. The topological polar surface area (TPSA) is 111 Å². The summed E-state index contributed by atoms with van der Waals surface area (Å²) in [5, 5.41) is 3.94. The van der Waals surface area contributed by atoms with Crippen molar-refractivity contribution in [1.29, 1.82) is 0 Å². The Kier molecular flexibility index (Phi) is 13.9. The highest BCUT2D eigenvalue weighted by atomic mass is 79.9. The number of nitrogens with one attached hydrogen (secondary N) is 2. The fourth-order valence-corrected chi connectivity index (χ4v) is 4.83. The van der Waals surface area contributed by atoms with Gasteiger partial charge >= 0.3 is 36.6 Å². The summed E-state index contributed by atoms with van der Waals surface area (Å²) >= 11 is 8.83. The highest BCUT2D eigenvalue weighted by Crippen LogP contribution is 2.39. The van der Waals surface area contributed by atoms with Gasteiger partial charge in [0.15, 0.2) is 0 Å². The molecular formula is C34H20BrClF12N2O6. The van der Waals surface area contributed by atoms with E-state index in [1.54, 1.807) is 0 Å². The predicted octanol–water partition coefficient (Wildman–Crippen LogP) is 11.2. The minimum absolute atomic E-state index is 0.0288. The lowest BCUT2D eigenvalue weighted by molar-refractivity contribution is -0.144. The van der Waals surface area contributed by atoms with E-state index in [1.165, 1.54) is 24.3 Å². The van der Waals surface area contributed by atoms with Gasteiger partial charge in [-0.25, -0.2) is 0 Å². The average Bonchev–Trinajstić information content (AvgIpc) is 3.04. The summed E-state index contributed by atoms with van der Waals surface area (Å²) in [5.74, 6) is -4.23. The Balaban J connectivity index is 0.000000300. The van der Waals surface area contributed by atoms with Crippen LogP contribution in [-0.4, -0.2) is 23.8 Å². The molecule has 0 spiro atoms. The number of anilines is 2. The second kappa shape index (κ2) is 17.2. The van der Waals surface area contributed by atoms with Crippen LogP contribution in [0.1, 0.15) is 56.8 Å². The molecule has 0 aromatic heterocycles. The quantitative estimate of drug-likeness (QED) is 0.113. The Hall–Kier alpha value is -5.31. The molecular weight excluding hydrogens is 876 g/mol. The minimum atomic E-state index is -5.07. The molecule has 22 heteroatoms. The van der Waals surface area contributed by atoms with Crippen molar-refractivity contribution in [3.8, 4) is 11.5 Å². The third kappa shape index (κ3) is 12.9. The molecule has 0 unspecified atom stereocenters. The first-order valence-electron chi connectivity index (χ1n) is 14.7. The molecule has 4 aromatic carbocycles. The lowest BCUT2D eigenvalue weighted by atomic mass is 10.1. The van der Waals surface area contributed by atoms with E-state index in [-0.39, 0.29) is 39.8 Å². The Bertz CT molecular complexity index is 1940. The second-order valence-electron chi connectivity index (χ2n) is 11.0. The molecule has 2 amide bonds. The smallest absolute Gasteiger partial charge is 0.416 e. The third-order valence-electron chi connectivity index (χ3n) is 6.57. The van der Waals surface area contributed by atoms with Gasteiger partial charge in [-0.2, -0.15) is 52.7 Å². The van der Waals surface area contributed by atoms with Crippen molar-refractivity contribution in [1.82, 2.24) is 0 Å². The maximum absolute atomic E-state index is 12.9. The number of carbonyl (C=O) groups excluding carboxylic acids is 4. The molecule has 4 aromatic rings. The van der Waals surface area contributed by atoms with Gasteiger partial charge < -0.3 is 20.1 Å². The molecule has 0 aliphatic rings. The molecule has 0 saturated carbocycles. The van der Waals surface area contributed by atoms with Gasteiger partial charge in [-0.15, -0.1) is 0 Å². The number of carbonyl (C=O) groups is 4. The number of benzene rings is 4.